The lowest BCUT2D eigenvalue weighted by Crippen LogP contribution is -2.44. The maximum absolute atomic E-state index is 12.5. The van der Waals surface area contributed by atoms with Crippen LogP contribution < -0.4 is 5.73 Å². The average molecular weight is 388 g/mol. The van der Waals surface area contributed by atoms with Gasteiger partial charge >= 0.3 is 0 Å². The number of carbonyl (C=O) groups excluding carboxylic acids is 1. The molecule has 2 heterocycles. The topological polar surface area (TPSA) is 83.7 Å². The van der Waals surface area contributed by atoms with E-state index in [1.807, 2.05) is 0 Å². The fraction of sp³-hybridized carbons (Fsp3) is 0.583. The van der Waals surface area contributed by atoms with Crippen LogP contribution in [0.3, 0.4) is 0 Å². The maximum Gasteiger partial charge on any atom is 0.252 e. The fourth-order valence-corrected chi connectivity index (χ4v) is 5.31. The molecular weight excluding hydrogens is 369 g/mol. The Kier molecular flexibility index (Phi) is 7.10. The molecule has 0 bridgehead atoms. The zero-order valence-corrected chi connectivity index (χ0v) is 15.3. The molecule has 10 heteroatoms. The van der Waals surface area contributed by atoms with Crippen molar-refractivity contribution in [3.05, 3.63) is 16.5 Å². The molecule has 0 radical (unpaired) electrons. The molecule has 126 valence electrons. The minimum Gasteiger partial charge on any atom is -0.340 e. The SMILES string of the molecule is C[C@@H](N)C(=O)N1CCCN(S(=O)(=O)c2ccc(Cl)s2)CC1.Cl. The molecule has 6 nitrogen and oxygen atoms in total. The summed E-state index contributed by atoms with van der Waals surface area (Å²) in [5.74, 6) is -0.145. The van der Waals surface area contributed by atoms with Crippen molar-refractivity contribution >= 4 is 51.3 Å². The van der Waals surface area contributed by atoms with Crippen LogP contribution in [0.2, 0.25) is 4.34 Å². The first-order chi connectivity index (χ1) is 9.82. The van der Waals surface area contributed by atoms with E-state index in [1.54, 1.807) is 17.9 Å². The summed E-state index contributed by atoms with van der Waals surface area (Å²) in [6.07, 6.45) is 0.594. The van der Waals surface area contributed by atoms with Gasteiger partial charge in [0.1, 0.15) is 4.21 Å². The minimum atomic E-state index is -3.54. The first kappa shape index (κ1) is 19.7. The van der Waals surface area contributed by atoms with Crippen LogP contribution in [-0.2, 0) is 14.8 Å². The highest BCUT2D eigenvalue weighted by Gasteiger charge is 2.29. The Morgan fingerprint density at radius 1 is 1.32 bits per heavy atom. The molecule has 0 saturated carbocycles. The summed E-state index contributed by atoms with van der Waals surface area (Å²) in [4.78, 5) is 13.5. The molecule has 1 aliphatic heterocycles. The molecule has 22 heavy (non-hydrogen) atoms. The molecule has 1 aliphatic rings. The van der Waals surface area contributed by atoms with E-state index < -0.39 is 16.1 Å². The quantitative estimate of drug-likeness (QED) is 0.848. The van der Waals surface area contributed by atoms with Crippen LogP contribution in [0.4, 0.5) is 0 Å². The van der Waals surface area contributed by atoms with E-state index >= 15 is 0 Å². The van der Waals surface area contributed by atoms with Crippen LogP contribution in [0.25, 0.3) is 0 Å². The lowest BCUT2D eigenvalue weighted by atomic mass is 10.3. The van der Waals surface area contributed by atoms with Crippen molar-refractivity contribution in [2.45, 2.75) is 23.6 Å². The third-order valence-electron chi connectivity index (χ3n) is 3.30. The molecule has 0 aliphatic carbocycles. The van der Waals surface area contributed by atoms with Crippen LogP contribution in [-0.4, -0.2) is 55.8 Å². The average Bonchev–Trinajstić information content (AvgIpc) is 2.72. The Morgan fingerprint density at radius 3 is 2.55 bits per heavy atom. The Balaban J connectivity index is 0.00000242. The molecule has 0 aromatic carbocycles. The molecule has 1 amide bonds. The van der Waals surface area contributed by atoms with Crippen molar-refractivity contribution in [2.75, 3.05) is 26.2 Å². The molecule has 1 fully saturated rings. The second kappa shape index (κ2) is 7.94. The second-order valence-electron chi connectivity index (χ2n) is 4.93. The summed E-state index contributed by atoms with van der Waals surface area (Å²) < 4.78 is 27.1. The van der Waals surface area contributed by atoms with E-state index in [0.29, 0.717) is 30.4 Å². The number of nitrogens with zero attached hydrogens (tertiary/aromatic N) is 2. The van der Waals surface area contributed by atoms with E-state index in [0.717, 1.165) is 11.3 Å². The molecule has 1 atom stereocenters. The van der Waals surface area contributed by atoms with Gasteiger partial charge in [-0.15, -0.1) is 23.7 Å². The van der Waals surface area contributed by atoms with Crippen molar-refractivity contribution in [2.24, 2.45) is 5.73 Å². The standard InChI is InChI=1S/C12H18ClN3O3S2.ClH/c1-9(14)12(17)15-5-2-6-16(8-7-15)21(18,19)11-4-3-10(13)20-11;/h3-4,9H,2,5-8,14H2,1H3;1H/t9-;/m1./s1. The summed E-state index contributed by atoms with van der Waals surface area (Å²) in [5.41, 5.74) is 5.60. The van der Waals surface area contributed by atoms with Gasteiger partial charge in [0.05, 0.1) is 10.4 Å². The zero-order valence-electron chi connectivity index (χ0n) is 12.1. The number of hydrogen-bond donors (Lipinski definition) is 1. The van der Waals surface area contributed by atoms with Crippen molar-refractivity contribution in [3.8, 4) is 0 Å². The third kappa shape index (κ3) is 4.33. The highest BCUT2D eigenvalue weighted by Crippen LogP contribution is 2.28. The van der Waals surface area contributed by atoms with Gasteiger partial charge in [-0.05, 0) is 25.5 Å². The summed E-state index contributed by atoms with van der Waals surface area (Å²) >= 11 is 6.85. The van der Waals surface area contributed by atoms with Gasteiger partial charge in [-0.1, -0.05) is 11.6 Å². The van der Waals surface area contributed by atoms with E-state index in [-0.39, 0.29) is 29.1 Å². The number of nitrogens with two attached hydrogens (primary N) is 1. The molecule has 0 unspecified atom stereocenters. The predicted octanol–water partition coefficient (Wildman–Crippen LogP) is 1.39. The molecule has 1 saturated heterocycles. The van der Waals surface area contributed by atoms with Crippen LogP contribution >= 0.6 is 35.3 Å². The van der Waals surface area contributed by atoms with Gasteiger partial charge < -0.3 is 10.6 Å². The summed E-state index contributed by atoms with van der Waals surface area (Å²) in [6.45, 7) is 3.18. The van der Waals surface area contributed by atoms with E-state index in [1.165, 1.54) is 10.4 Å². The largest absolute Gasteiger partial charge is 0.340 e. The highest BCUT2D eigenvalue weighted by molar-refractivity contribution is 7.91. The van der Waals surface area contributed by atoms with Gasteiger partial charge in [-0.2, -0.15) is 4.31 Å². The fourth-order valence-electron chi connectivity index (χ4n) is 2.21. The van der Waals surface area contributed by atoms with Gasteiger partial charge in [0, 0.05) is 26.2 Å². The molecule has 1 aromatic heterocycles. The van der Waals surface area contributed by atoms with Gasteiger partial charge in [-0.3, -0.25) is 4.79 Å². The Hall–Kier alpha value is -0.380. The number of rotatable bonds is 3. The number of thiophene rings is 1. The van der Waals surface area contributed by atoms with Crippen LogP contribution in [0, 0.1) is 0 Å². The molecule has 1 aromatic rings. The summed E-state index contributed by atoms with van der Waals surface area (Å²) in [6, 6.07) is 2.52. The Bertz CT molecular complexity index is 619. The number of carbonyl (C=O) groups is 1. The zero-order chi connectivity index (χ0) is 15.6. The predicted molar refractivity (Wildman–Crippen MR) is 90.2 cm³/mol. The van der Waals surface area contributed by atoms with Crippen molar-refractivity contribution in [1.82, 2.24) is 9.21 Å². The Morgan fingerprint density at radius 2 is 2.00 bits per heavy atom. The second-order valence-corrected chi connectivity index (χ2v) is 8.81. The molecule has 0 spiro atoms. The lowest BCUT2D eigenvalue weighted by Gasteiger charge is -2.23. The Labute approximate surface area is 145 Å². The number of sulfonamides is 1. The minimum absolute atomic E-state index is 0. The smallest absolute Gasteiger partial charge is 0.252 e. The van der Waals surface area contributed by atoms with Crippen LogP contribution in [0.15, 0.2) is 16.3 Å². The number of halogens is 2. The maximum atomic E-state index is 12.5. The van der Waals surface area contributed by atoms with Gasteiger partial charge in [-0.25, -0.2) is 8.42 Å². The van der Waals surface area contributed by atoms with Crippen LogP contribution in [0.1, 0.15) is 13.3 Å². The molecule has 2 rings (SSSR count). The lowest BCUT2D eigenvalue weighted by molar-refractivity contribution is -0.132. The summed E-state index contributed by atoms with van der Waals surface area (Å²) in [7, 11) is -3.54. The van der Waals surface area contributed by atoms with E-state index in [9.17, 15) is 13.2 Å². The van der Waals surface area contributed by atoms with E-state index in [4.69, 9.17) is 17.3 Å². The monoisotopic (exact) mass is 387 g/mol. The number of amides is 1. The number of hydrogen-bond acceptors (Lipinski definition) is 5. The van der Waals surface area contributed by atoms with Crippen molar-refractivity contribution < 1.29 is 13.2 Å². The highest BCUT2D eigenvalue weighted by atomic mass is 35.5. The first-order valence-corrected chi connectivity index (χ1v) is 9.25. The van der Waals surface area contributed by atoms with Gasteiger partial charge in [0.15, 0.2) is 0 Å². The van der Waals surface area contributed by atoms with Crippen LogP contribution in [0.5, 0.6) is 0 Å². The van der Waals surface area contributed by atoms with Gasteiger partial charge in [0.2, 0.25) is 5.91 Å². The third-order valence-corrected chi connectivity index (χ3v) is 6.90. The van der Waals surface area contributed by atoms with Crippen molar-refractivity contribution in [3.63, 3.8) is 0 Å². The van der Waals surface area contributed by atoms with Crippen molar-refractivity contribution in [1.29, 1.82) is 0 Å². The normalized spacial score (nSPS) is 18.4. The first-order valence-electron chi connectivity index (χ1n) is 6.62. The molecular formula is C12H19Cl2N3O3S2. The van der Waals surface area contributed by atoms with Gasteiger partial charge in [0.25, 0.3) is 10.0 Å². The molecule has 2 N–H and O–H groups in total. The van der Waals surface area contributed by atoms with E-state index in [2.05, 4.69) is 0 Å². The summed E-state index contributed by atoms with van der Waals surface area (Å²) in [5, 5.41) is 0.